The molecule has 0 bridgehead atoms. The van der Waals surface area contributed by atoms with E-state index in [9.17, 15) is 4.79 Å². The molecule has 0 amide bonds. The lowest BCUT2D eigenvalue weighted by atomic mass is 10.1. The van der Waals surface area contributed by atoms with Crippen molar-refractivity contribution in [2.45, 2.75) is 27.3 Å². The molecular formula is C21H26ClN3O2. The summed E-state index contributed by atoms with van der Waals surface area (Å²) in [6.45, 7) is 10.1. The molecule has 0 radical (unpaired) electrons. The van der Waals surface area contributed by atoms with Crippen molar-refractivity contribution in [2.24, 2.45) is 5.92 Å². The molecule has 5 nitrogen and oxygen atoms in total. The SMILES string of the molecule is Cc1nn(CC(C)C)c(Cl)c1/C=C/C(=O)c1ccc(N2CCOCC2)cc1. The van der Waals surface area contributed by atoms with E-state index in [1.54, 1.807) is 16.8 Å². The van der Waals surface area contributed by atoms with Crippen molar-refractivity contribution >= 4 is 29.1 Å². The fourth-order valence-electron chi connectivity index (χ4n) is 3.14. The summed E-state index contributed by atoms with van der Waals surface area (Å²) in [4.78, 5) is 14.8. The molecule has 2 heterocycles. The van der Waals surface area contributed by atoms with Crippen LogP contribution in [0.15, 0.2) is 30.3 Å². The van der Waals surface area contributed by atoms with E-state index in [1.807, 2.05) is 31.2 Å². The summed E-state index contributed by atoms with van der Waals surface area (Å²) in [5.74, 6) is 0.404. The molecular weight excluding hydrogens is 362 g/mol. The molecule has 0 N–H and O–H groups in total. The predicted molar refractivity (Wildman–Crippen MR) is 110 cm³/mol. The number of hydrogen-bond donors (Lipinski definition) is 0. The Kier molecular flexibility index (Phi) is 6.34. The molecule has 1 fully saturated rings. The number of carbonyl (C=O) groups is 1. The van der Waals surface area contributed by atoms with Gasteiger partial charge in [0.1, 0.15) is 5.15 Å². The van der Waals surface area contributed by atoms with Crippen LogP contribution < -0.4 is 4.90 Å². The summed E-state index contributed by atoms with van der Waals surface area (Å²) in [5, 5.41) is 5.05. The van der Waals surface area contributed by atoms with Crippen LogP contribution in [0, 0.1) is 12.8 Å². The molecule has 27 heavy (non-hydrogen) atoms. The summed E-state index contributed by atoms with van der Waals surface area (Å²) in [5.41, 5.74) is 3.40. The first-order valence-corrected chi connectivity index (χ1v) is 9.71. The fourth-order valence-corrected chi connectivity index (χ4v) is 3.44. The topological polar surface area (TPSA) is 47.4 Å². The molecule has 0 spiro atoms. The van der Waals surface area contributed by atoms with Crippen molar-refractivity contribution in [2.75, 3.05) is 31.2 Å². The minimum Gasteiger partial charge on any atom is -0.378 e. The Balaban J connectivity index is 1.70. The van der Waals surface area contributed by atoms with E-state index in [4.69, 9.17) is 16.3 Å². The van der Waals surface area contributed by atoms with Crippen molar-refractivity contribution in [3.05, 3.63) is 52.3 Å². The third-order valence-electron chi connectivity index (χ3n) is 4.58. The fraction of sp³-hybridized carbons (Fsp3) is 0.429. The number of hydrogen-bond acceptors (Lipinski definition) is 4. The molecule has 6 heteroatoms. The number of benzene rings is 1. The number of aryl methyl sites for hydroxylation is 1. The lowest BCUT2D eigenvalue weighted by Crippen LogP contribution is -2.36. The third kappa shape index (κ3) is 4.79. The molecule has 0 saturated carbocycles. The van der Waals surface area contributed by atoms with E-state index >= 15 is 0 Å². The zero-order valence-electron chi connectivity index (χ0n) is 16.1. The highest BCUT2D eigenvalue weighted by atomic mass is 35.5. The van der Waals surface area contributed by atoms with E-state index < -0.39 is 0 Å². The van der Waals surface area contributed by atoms with Crippen molar-refractivity contribution in [1.82, 2.24) is 9.78 Å². The Morgan fingerprint density at radius 2 is 1.93 bits per heavy atom. The number of halogens is 1. The van der Waals surface area contributed by atoms with Gasteiger partial charge in [-0.05, 0) is 49.3 Å². The number of carbonyl (C=O) groups excluding carboxylic acids is 1. The summed E-state index contributed by atoms with van der Waals surface area (Å²) in [6, 6.07) is 7.72. The van der Waals surface area contributed by atoms with Gasteiger partial charge >= 0.3 is 0 Å². The first-order chi connectivity index (χ1) is 13.0. The Hall–Kier alpha value is -2.11. The van der Waals surface area contributed by atoms with Crippen molar-refractivity contribution in [3.63, 3.8) is 0 Å². The Morgan fingerprint density at radius 1 is 1.26 bits per heavy atom. The minimum atomic E-state index is -0.0457. The molecule has 0 unspecified atom stereocenters. The smallest absolute Gasteiger partial charge is 0.185 e. The first kappa shape index (κ1) is 19.6. The van der Waals surface area contributed by atoms with Crippen LogP contribution in [-0.2, 0) is 11.3 Å². The van der Waals surface area contributed by atoms with Crippen molar-refractivity contribution in [1.29, 1.82) is 0 Å². The molecule has 1 aromatic carbocycles. The number of aromatic nitrogens is 2. The molecule has 0 atom stereocenters. The van der Waals surface area contributed by atoms with Crippen molar-refractivity contribution in [3.8, 4) is 0 Å². The summed E-state index contributed by atoms with van der Waals surface area (Å²) in [7, 11) is 0. The second-order valence-corrected chi connectivity index (χ2v) is 7.57. The van der Waals surface area contributed by atoms with Crippen LogP contribution >= 0.6 is 11.6 Å². The third-order valence-corrected chi connectivity index (χ3v) is 4.98. The van der Waals surface area contributed by atoms with Gasteiger partial charge in [0.2, 0.25) is 0 Å². The highest BCUT2D eigenvalue weighted by Crippen LogP contribution is 2.23. The second-order valence-electron chi connectivity index (χ2n) is 7.21. The quantitative estimate of drug-likeness (QED) is 0.549. The van der Waals surface area contributed by atoms with Crippen LogP contribution in [0.5, 0.6) is 0 Å². The number of ether oxygens (including phenoxy) is 1. The lowest BCUT2D eigenvalue weighted by molar-refractivity contribution is 0.104. The standard InChI is InChI=1S/C21H26ClN3O2/c1-15(2)14-25-21(22)19(16(3)23-25)8-9-20(26)17-4-6-18(7-5-17)24-10-12-27-13-11-24/h4-9,15H,10-14H2,1-3H3/b9-8+. The van der Waals surface area contributed by atoms with Gasteiger partial charge in [-0.15, -0.1) is 0 Å². The van der Waals surface area contributed by atoms with Gasteiger partial charge in [-0.1, -0.05) is 25.4 Å². The van der Waals surface area contributed by atoms with Crippen LogP contribution in [0.2, 0.25) is 5.15 Å². The van der Waals surface area contributed by atoms with Gasteiger partial charge in [0.15, 0.2) is 5.78 Å². The normalized spacial score (nSPS) is 15.1. The summed E-state index contributed by atoms with van der Waals surface area (Å²) in [6.07, 6.45) is 3.33. The molecule has 144 valence electrons. The van der Waals surface area contributed by atoms with Gasteiger partial charge in [0, 0.05) is 36.4 Å². The van der Waals surface area contributed by atoms with Gasteiger partial charge in [0.05, 0.1) is 18.9 Å². The summed E-state index contributed by atoms with van der Waals surface area (Å²) < 4.78 is 7.17. The zero-order valence-corrected chi connectivity index (χ0v) is 16.9. The van der Waals surface area contributed by atoms with Crippen LogP contribution in [0.3, 0.4) is 0 Å². The average Bonchev–Trinajstić information content (AvgIpc) is 2.93. The van der Waals surface area contributed by atoms with Crippen molar-refractivity contribution < 1.29 is 9.53 Å². The van der Waals surface area contributed by atoms with E-state index in [0.717, 1.165) is 49.8 Å². The monoisotopic (exact) mass is 387 g/mol. The van der Waals surface area contributed by atoms with E-state index in [2.05, 4.69) is 23.8 Å². The maximum atomic E-state index is 12.5. The molecule has 0 aliphatic carbocycles. The largest absolute Gasteiger partial charge is 0.378 e. The van der Waals surface area contributed by atoms with Gasteiger partial charge in [-0.3, -0.25) is 9.48 Å². The zero-order chi connectivity index (χ0) is 19.4. The van der Waals surface area contributed by atoms with Gasteiger partial charge in [-0.25, -0.2) is 0 Å². The average molecular weight is 388 g/mol. The number of nitrogens with zero attached hydrogens (tertiary/aromatic N) is 3. The summed E-state index contributed by atoms with van der Waals surface area (Å²) >= 11 is 6.43. The van der Waals surface area contributed by atoms with Crippen LogP contribution in [0.25, 0.3) is 6.08 Å². The van der Waals surface area contributed by atoms with E-state index in [1.165, 1.54) is 0 Å². The number of anilines is 1. The van der Waals surface area contributed by atoms with Crippen LogP contribution in [0.4, 0.5) is 5.69 Å². The van der Waals surface area contributed by atoms with E-state index in [-0.39, 0.29) is 5.78 Å². The Bertz CT molecular complexity index is 819. The lowest BCUT2D eigenvalue weighted by Gasteiger charge is -2.28. The van der Waals surface area contributed by atoms with Gasteiger partial charge in [0.25, 0.3) is 0 Å². The molecule has 1 aliphatic heterocycles. The van der Waals surface area contributed by atoms with Gasteiger partial charge < -0.3 is 9.64 Å². The van der Waals surface area contributed by atoms with Crippen LogP contribution in [-0.4, -0.2) is 41.9 Å². The molecule has 3 rings (SSSR count). The second kappa shape index (κ2) is 8.72. The highest BCUT2D eigenvalue weighted by molar-refractivity contribution is 6.31. The highest BCUT2D eigenvalue weighted by Gasteiger charge is 2.14. The molecule has 1 saturated heterocycles. The molecule has 1 aliphatic rings. The Morgan fingerprint density at radius 3 is 2.56 bits per heavy atom. The molecule has 2 aromatic rings. The number of allylic oxidation sites excluding steroid dienone is 1. The van der Waals surface area contributed by atoms with Crippen LogP contribution in [0.1, 0.15) is 35.5 Å². The maximum absolute atomic E-state index is 12.5. The predicted octanol–water partition coefficient (Wildman–Crippen LogP) is 4.23. The van der Waals surface area contributed by atoms with Gasteiger partial charge in [-0.2, -0.15) is 5.10 Å². The number of ketones is 1. The number of morpholine rings is 1. The number of rotatable bonds is 6. The molecule has 1 aromatic heterocycles. The Labute approximate surface area is 165 Å². The maximum Gasteiger partial charge on any atom is 0.185 e. The first-order valence-electron chi connectivity index (χ1n) is 9.33. The van der Waals surface area contributed by atoms with E-state index in [0.29, 0.717) is 16.6 Å². The minimum absolute atomic E-state index is 0.0457.